The van der Waals surface area contributed by atoms with E-state index in [2.05, 4.69) is 127 Å². The quantitative estimate of drug-likeness (QED) is 0.141. The highest BCUT2D eigenvalue weighted by Gasteiger charge is 2.70. The summed E-state index contributed by atoms with van der Waals surface area (Å²) in [6, 6.07) is 35.4. The predicted molar refractivity (Wildman–Crippen MR) is 166 cm³/mol. The number of ether oxygens (including phenoxy) is 1. The topological polar surface area (TPSA) is 51.0 Å². The molecule has 44 heavy (non-hydrogen) atoms. The summed E-state index contributed by atoms with van der Waals surface area (Å²) in [5.41, 5.74) is 13.5. The molecule has 5 aliphatic rings. The molecule has 13 rings (SSSR count). The van der Waals surface area contributed by atoms with Gasteiger partial charge in [0, 0.05) is 16.3 Å². The maximum atomic E-state index is 6.94. The first kappa shape index (κ1) is 21.0. The Hall–Kier alpha value is -5.82. The van der Waals surface area contributed by atoms with Gasteiger partial charge in [-0.3, -0.25) is 0 Å². The van der Waals surface area contributed by atoms with Gasteiger partial charge in [-0.2, -0.15) is 23.2 Å². The van der Waals surface area contributed by atoms with Crippen molar-refractivity contribution in [1.29, 1.82) is 0 Å². The van der Waals surface area contributed by atoms with Crippen LogP contribution >= 0.6 is 0 Å². The molecule has 1 spiro atoms. The number of allylic oxidation sites excluding steroid dienone is 1. The number of hydrogen-bond acceptors (Lipinski definition) is 3. The molecule has 0 saturated carbocycles. The molecule has 202 valence electrons. The number of fused-ring (bicyclic) bond motifs is 12. The summed E-state index contributed by atoms with van der Waals surface area (Å²) in [7, 11) is 0. The molecule has 7 nitrogen and oxygen atoms in total. The van der Waals surface area contributed by atoms with Gasteiger partial charge in [-0.05, 0) is 61.5 Å². The summed E-state index contributed by atoms with van der Waals surface area (Å²) < 4.78 is 17.1. The molecule has 5 aromatic carbocycles. The maximum absolute atomic E-state index is 6.94. The highest BCUT2D eigenvalue weighted by atomic mass is 16.5. The monoisotopic (exact) mass is 564 g/mol. The van der Waals surface area contributed by atoms with Gasteiger partial charge in [0.15, 0.2) is 22.1 Å². The Morgan fingerprint density at radius 2 is 1.45 bits per heavy atom. The van der Waals surface area contributed by atoms with Crippen LogP contribution in [0.15, 0.2) is 113 Å². The molecule has 7 heteroatoms. The molecule has 8 heterocycles. The van der Waals surface area contributed by atoms with Gasteiger partial charge in [-0.15, -0.1) is 5.11 Å². The van der Waals surface area contributed by atoms with Crippen LogP contribution in [0.3, 0.4) is 0 Å². The van der Waals surface area contributed by atoms with Crippen LogP contribution in [0.5, 0.6) is 11.5 Å². The van der Waals surface area contributed by atoms with Gasteiger partial charge >= 0.3 is 11.3 Å². The van der Waals surface area contributed by atoms with E-state index < -0.39 is 5.66 Å². The molecule has 0 fully saturated rings. The molecule has 8 aromatic rings. The summed E-state index contributed by atoms with van der Waals surface area (Å²) in [5.74, 6) is 2.99. The number of imidazole rings is 2. The van der Waals surface area contributed by atoms with Crippen molar-refractivity contribution in [2.75, 3.05) is 0 Å². The standard InChI is InChI=1S/C37H20N6O/c1-18-29-21-15-17-28-33-31(21)36-41(34(29)39-38-18)24-11-5-7-13-26(24)43(36)37(33)32-27(44-28)16-14-20-19-8-2-3-9-22(19)40-23-10-4-6-12-25(23)42(37)35(40)30(20)32/h2-17,34H,1H3/q+2. The van der Waals surface area contributed by atoms with Gasteiger partial charge < -0.3 is 4.74 Å². The number of hydrogen-bond donors (Lipinski definition) is 0. The smallest absolute Gasteiger partial charge is 0.316 e. The Labute approximate surface area is 248 Å². The Bertz CT molecular complexity index is 2890. The number of pyridine rings is 1. The number of aromatic nitrogens is 4. The zero-order valence-corrected chi connectivity index (χ0v) is 23.4. The highest BCUT2D eigenvalue weighted by molar-refractivity contribution is 6.16. The maximum Gasteiger partial charge on any atom is 0.316 e. The first-order valence-corrected chi connectivity index (χ1v) is 15.2. The fraction of sp³-hybridized carbons (Fsp3) is 0.0811. The zero-order chi connectivity index (χ0) is 28.2. The van der Waals surface area contributed by atoms with E-state index in [1.807, 2.05) is 0 Å². The van der Waals surface area contributed by atoms with Gasteiger partial charge in [0.1, 0.15) is 28.1 Å². The lowest BCUT2D eigenvalue weighted by molar-refractivity contribution is -0.929. The second-order valence-corrected chi connectivity index (χ2v) is 12.6. The first-order chi connectivity index (χ1) is 21.8. The van der Waals surface area contributed by atoms with E-state index in [0.29, 0.717) is 0 Å². The number of nitrogens with zero attached hydrogens (tertiary/aromatic N) is 6. The van der Waals surface area contributed by atoms with Gasteiger partial charge in [0.05, 0.1) is 22.2 Å². The lowest BCUT2D eigenvalue weighted by atomic mass is 9.82. The van der Waals surface area contributed by atoms with Crippen LogP contribution in [0.2, 0.25) is 0 Å². The zero-order valence-electron chi connectivity index (χ0n) is 23.4. The fourth-order valence-corrected chi connectivity index (χ4v) is 9.55. The van der Waals surface area contributed by atoms with E-state index in [1.54, 1.807) is 0 Å². The first-order valence-electron chi connectivity index (χ1n) is 15.2. The number of benzene rings is 5. The molecule has 5 aliphatic heterocycles. The van der Waals surface area contributed by atoms with Crippen molar-refractivity contribution in [2.24, 2.45) is 10.2 Å². The van der Waals surface area contributed by atoms with Crippen LogP contribution in [-0.4, -0.2) is 8.97 Å². The number of para-hydroxylation sites is 5. The van der Waals surface area contributed by atoms with E-state index >= 15 is 0 Å². The molecule has 0 radical (unpaired) electrons. The van der Waals surface area contributed by atoms with Crippen molar-refractivity contribution < 1.29 is 13.9 Å². The van der Waals surface area contributed by atoms with Crippen LogP contribution in [0.4, 0.5) is 0 Å². The fourth-order valence-electron chi connectivity index (χ4n) is 9.55. The Morgan fingerprint density at radius 3 is 2.34 bits per heavy atom. The molecule has 0 bridgehead atoms. The molecule has 0 aliphatic carbocycles. The summed E-state index contributed by atoms with van der Waals surface area (Å²) >= 11 is 0. The Morgan fingerprint density at radius 1 is 0.727 bits per heavy atom. The van der Waals surface area contributed by atoms with Crippen molar-refractivity contribution in [3.63, 3.8) is 0 Å². The summed E-state index contributed by atoms with van der Waals surface area (Å²) in [6.45, 7) is 2.09. The molecule has 2 unspecified atom stereocenters. The molecule has 3 aromatic heterocycles. The molecule has 0 saturated heterocycles. The lowest BCUT2D eigenvalue weighted by Gasteiger charge is -2.31. The molecular weight excluding hydrogens is 544 g/mol. The predicted octanol–water partition coefficient (Wildman–Crippen LogP) is 7.33. The molecule has 0 N–H and O–H groups in total. The van der Waals surface area contributed by atoms with Crippen LogP contribution in [0.1, 0.15) is 29.8 Å². The largest absolute Gasteiger partial charge is 0.456 e. The third kappa shape index (κ3) is 1.79. The van der Waals surface area contributed by atoms with E-state index in [0.717, 1.165) is 22.7 Å². The molecular formula is C37H20N6O+2. The van der Waals surface area contributed by atoms with Gasteiger partial charge in [0.25, 0.3) is 5.82 Å². The number of rotatable bonds is 0. The van der Waals surface area contributed by atoms with Crippen molar-refractivity contribution in [3.05, 3.63) is 119 Å². The molecule has 2 atom stereocenters. The Balaban J connectivity index is 1.40. The van der Waals surface area contributed by atoms with Crippen molar-refractivity contribution >= 4 is 55.0 Å². The average molecular weight is 565 g/mol. The van der Waals surface area contributed by atoms with E-state index in [4.69, 9.17) is 9.85 Å². The summed E-state index contributed by atoms with van der Waals surface area (Å²) in [5, 5.41) is 13.3. The Kier molecular flexibility index (Phi) is 2.98. The third-order valence-electron chi connectivity index (χ3n) is 10.9. The van der Waals surface area contributed by atoms with Gasteiger partial charge in [-0.1, -0.05) is 42.5 Å². The average Bonchev–Trinajstić information content (AvgIpc) is 3.85. The summed E-state index contributed by atoms with van der Waals surface area (Å²) in [6.07, 6.45) is -0.198. The van der Waals surface area contributed by atoms with Gasteiger partial charge in [-0.25, -0.2) is 0 Å². The van der Waals surface area contributed by atoms with Crippen molar-refractivity contribution in [2.45, 2.75) is 18.8 Å². The second kappa shape index (κ2) is 6.26. The summed E-state index contributed by atoms with van der Waals surface area (Å²) in [4.78, 5) is 0. The minimum absolute atomic E-state index is 0.198. The normalized spacial score (nSPS) is 20.7. The van der Waals surface area contributed by atoms with E-state index in [1.165, 1.54) is 77.5 Å². The van der Waals surface area contributed by atoms with E-state index in [-0.39, 0.29) is 6.17 Å². The highest BCUT2D eigenvalue weighted by Crippen LogP contribution is 2.62. The molecule has 0 amide bonds. The van der Waals surface area contributed by atoms with Crippen LogP contribution in [-0.2, 0) is 5.66 Å². The van der Waals surface area contributed by atoms with Gasteiger partial charge in [0.2, 0.25) is 6.17 Å². The van der Waals surface area contributed by atoms with Crippen LogP contribution in [0, 0.1) is 0 Å². The third-order valence-corrected chi connectivity index (χ3v) is 10.9. The van der Waals surface area contributed by atoms with Crippen LogP contribution in [0.25, 0.3) is 66.4 Å². The minimum atomic E-state index is -0.688. The minimum Gasteiger partial charge on any atom is -0.456 e. The second-order valence-electron chi connectivity index (χ2n) is 12.6. The SMILES string of the molecule is CC1=C2c3ccc4c5c3-c3n(c6ccccc6[n+]3C53c5c(ccc6c7ccccc7n7c8ccccc8[n+]3c7c56)O4)C2N=N1. The van der Waals surface area contributed by atoms with Crippen molar-refractivity contribution in [3.8, 4) is 22.9 Å². The lowest BCUT2D eigenvalue weighted by Crippen LogP contribution is -2.71. The van der Waals surface area contributed by atoms with Crippen molar-refractivity contribution in [1.82, 2.24) is 8.97 Å². The number of azo groups is 1. The van der Waals surface area contributed by atoms with E-state index in [9.17, 15) is 0 Å². The van der Waals surface area contributed by atoms with Crippen LogP contribution < -0.4 is 13.9 Å².